The van der Waals surface area contributed by atoms with Gasteiger partial charge in [-0.15, -0.1) is 0 Å². The molecule has 178 valence electrons. The largest absolute Gasteiger partial charge is 0.369 e. The van der Waals surface area contributed by atoms with Gasteiger partial charge in [0.05, 0.1) is 4.47 Å². The summed E-state index contributed by atoms with van der Waals surface area (Å²) < 4.78 is 0.833. The maximum absolute atomic E-state index is 12.4. The average molecular weight is 517 g/mol. The molecule has 33 heavy (non-hydrogen) atoms. The Labute approximate surface area is 204 Å². The number of amides is 2. The van der Waals surface area contributed by atoms with Crippen LogP contribution < -0.4 is 16.0 Å². The van der Waals surface area contributed by atoms with Crippen molar-refractivity contribution >= 4 is 45.1 Å². The third-order valence-corrected chi connectivity index (χ3v) is 6.63. The number of benzene rings is 1. The van der Waals surface area contributed by atoms with Crippen LogP contribution in [0.2, 0.25) is 0 Å². The van der Waals surface area contributed by atoms with Gasteiger partial charge in [0, 0.05) is 63.4 Å². The fourth-order valence-corrected chi connectivity index (χ4v) is 4.39. The maximum atomic E-state index is 12.4. The first-order valence-electron chi connectivity index (χ1n) is 11.7. The van der Waals surface area contributed by atoms with Crippen molar-refractivity contribution in [3.05, 3.63) is 34.9 Å². The van der Waals surface area contributed by atoms with Gasteiger partial charge in [-0.3, -0.25) is 0 Å². The normalized spacial score (nSPS) is 17.2. The van der Waals surface area contributed by atoms with E-state index < -0.39 is 0 Å². The molecule has 2 amide bonds. The SMILES string of the molecule is CN1CCN(CCCNc2nc(Nc3cccc(NC(=O)N4CCCC4)c3)ncc2Br)CC1. The lowest BCUT2D eigenvalue weighted by Gasteiger charge is -2.32. The first-order valence-corrected chi connectivity index (χ1v) is 12.5. The van der Waals surface area contributed by atoms with Gasteiger partial charge in [-0.05, 0) is 67.0 Å². The molecule has 1 aromatic carbocycles. The van der Waals surface area contributed by atoms with E-state index in [9.17, 15) is 4.79 Å². The third-order valence-electron chi connectivity index (χ3n) is 6.05. The third kappa shape index (κ3) is 7.02. The molecule has 0 spiro atoms. The minimum absolute atomic E-state index is 0.0485. The predicted molar refractivity (Wildman–Crippen MR) is 136 cm³/mol. The lowest BCUT2D eigenvalue weighted by molar-refractivity contribution is 0.154. The quantitative estimate of drug-likeness (QED) is 0.461. The number of likely N-dealkylation sites (N-methyl/N-ethyl adjacent to an activating group) is 1. The number of halogens is 1. The number of hydrogen-bond acceptors (Lipinski definition) is 7. The van der Waals surface area contributed by atoms with Crippen LogP contribution in [0.3, 0.4) is 0 Å². The van der Waals surface area contributed by atoms with Gasteiger partial charge in [0.2, 0.25) is 5.95 Å². The number of rotatable bonds is 8. The van der Waals surface area contributed by atoms with E-state index in [4.69, 9.17) is 0 Å². The first kappa shape index (κ1) is 23.7. The number of carbonyl (C=O) groups is 1. The van der Waals surface area contributed by atoms with E-state index in [1.807, 2.05) is 29.2 Å². The number of piperazine rings is 1. The van der Waals surface area contributed by atoms with Crippen LogP contribution in [-0.2, 0) is 0 Å². The van der Waals surface area contributed by atoms with E-state index in [-0.39, 0.29) is 6.03 Å². The summed E-state index contributed by atoms with van der Waals surface area (Å²) >= 11 is 3.54. The van der Waals surface area contributed by atoms with Crippen LogP contribution in [0.4, 0.5) is 27.9 Å². The maximum Gasteiger partial charge on any atom is 0.321 e. The lowest BCUT2D eigenvalue weighted by Crippen LogP contribution is -2.44. The molecule has 0 aliphatic carbocycles. The number of nitrogens with one attached hydrogen (secondary N) is 3. The molecular weight excluding hydrogens is 484 g/mol. The summed E-state index contributed by atoms with van der Waals surface area (Å²) in [6.45, 7) is 8.14. The predicted octanol–water partition coefficient (Wildman–Crippen LogP) is 3.66. The van der Waals surface area contributed by atoms with Crippen LogP contribution in [0.5, 0.6) is 0 Å². The van der Waals surface area contributed by atoms with Gasteiger partial charge in [0.15, 0.2) is 0 Å². The summed E-state index contributed by atoms with van der Waals surface area (Å²) in [6, 6.07) is 7.56. The second-order valence-corrected chi connectivity index (χ2v) is 9.50. The molecule has 0 atom stereocenters. The zero-order valence-electron chi connectivity index (χ0n) is 19.2. The topological polar surface area (TPSA) is 88.7 Å². The molecule has 2 aromatic rings. The smallest absolute Gasteiger partial charge is 0.321 e. The Morgan fingerprint density at radius 2 is 1.85 bits per heavy atom. The molecule has 2 aliphatic heterocycles. The summed E-state index contributed by atoms with van der Waals surface area (Å²) in [4.78, 5) is 28.1. The van der Waals surface area contributed by atoms with Crippen LogP contribution in [-0.4, -0.2) is 90.1 Å². The highest BCUT2D eigenvalue weighted by Gasteiger charge is 2.18. The first-order chi connectivity index (χ1) is 16.1. The number of aromatic nitrogens is 2. The molecule has 2 fully saturated rings. The Morgan fingerprint density at radius 1 is 1.09 bits per heavy atom. The Hall–Kier alpha value is -2.43. The standard InChI is InChI=1S/C23H33BrN8O/c1-30-12-14-31(15-13-30)9-5-8-25-21-20(24)17-26-22(29-21)27-18-6-4-7-19(16-18)28-23(33)32-10-2-3-11-32/h4,6-7,16-17H,2-3,5,8-15H2,1H3,(H,28,33)(H2,25,26,27,29). The minimum Gasteiger partial charge on any atom is -0.369 e. The monoisotopic (exact) mass is 516 g/mol. The van der Waals surface area contributed by atoms with Crippen molar-refractivity contribution in [2.24, 2.45) is 0 Å². The summed E-state index contributed by atoms with van der Waals surface area (Å²) in [5.41, 5.74) is 1.56. The van der Waals surface area contributed by atoms with Crippen LogP contribution in [0.25, 0.3) is 0 Å². The minimum atomic E-state index is -0.0485. The second-order valence-electron chi connectivity index (χ2n) is 8.65. The fraction of sp³-hybridized carbons (Fsp3) is 0.522. The van der Waals surface area contributed by atoms with E-state index in [2.05, 4.69) is 58.7 Å². The Balaban J connectivity index is 1.28. The Kier molecular flexibility index (Phi) is 8.35. The van der Waals surface area contributed by atoms with Gasteiger partial charge in [-0.1, -0.05) is 6.07 Å². The highest BCUT2D eigenvalue weighted by Crippen LogP contribution is 2.23. The van der Waals surface area contributed by atoms with Gasteiger partial charge < -0.3 is 30.7 Å². The average Bonchev–Trinajstić information content (AvgIpc) is 3.35. The van der Waals surface area contributed by atoms with Crippen molar-refractivity contribution in [1.29, 1.82) is 0 Å². The fourth-order valence-electron chi connectivity index (χ4n) is 4.06. The van der Waals surface area contributed by atoms with E-state index in [1.54, 1.807) is 6.20 Å². The number of likely N-dealkylation sites (tertiary alicyclic amines) is 1. The number of hydrogen-bond donors (Lipinski definition) is 3. The van der Waals surface area contributed by atoms with Gasteiger partial charge in [0.25, 0.3) is 0 Å². The van der Waals surface area contributed by atoms with Crippen LogP contribution in [0.1, 0.15) is 19.3 Å². The van der Waals surface area contributed by atoms with Crippen LogP contribution in [0.15, 0.2) is 34.9 Å². The molecule has 2 aliphatic rings. The molecule has 9 nitrogen and oxygen atoms in total. The van der Waals surface area contributed by atoms with E-state index in [0.717, 1.165) is 93.3 Å². The number of anilines is 4. The molecule has 0 bridgehead atoms. The van der Waals surface area contributed by atoms with Crippen molar-refractivity contribution < 1.29 is 4.79 Å². The molecule has 10 heteroatoms. The van der Waals surface area contributed by atoms with E-state index in [0.29, 0.717) is 5.95 Å². The molecule has 0 saturated carbocycles. The summed E-state index contributed by atoms with van der Waals surface area (Å²) in [6.07, 6.45) is 4.95. The molecule has 0 radical (unpaired) electrons. The zero-order valence-corrected chi connectivity index (χ0v) is 20.8. The molecule has 1 aromatic heterocycles. The van der Waals surface area contributed by atoms with Gasteiger partial charge in [0.1, 0.15) is 5.82 Å². The van der Waals surface area contributed by atoms with Gasteiger partial charge in [-0.25, -0.2) is 9.78 Å². The highest BCUT2D eigenvalue weighted by atomic mass is 79.9. The lowest BCUT2D eigenvalue weighted by atomic mass is 10.3. The number of carbonyl (C=O) groups excluding carboxylic acids is 1. The molecule has 3 heterocycles. The van der Waals surface area contributed by atoms with Crippen LogP contribution >= 0.6 is 15.9 Å². The van der Waals surface area contributed by atoms with Crippen molar-refractivity contribution in [3.8, 4) is 0 Å². The zero-order chi connectivity index (χ0) is 23.0. The molecule has 4 rings (SSSR count). The molecule has 0 unspecified atom stereocenters. The number of urea groups is 1. The Bertz CT molecular complexity index is 928. The van der Waals surface area contributed by atoms with Gasteiger partial charge in [-0.2, -0.15) is 4.98 Å². The van der Waals surface area contributed by atoms with Crippen LogP contribution in [0, 0.1) is 0 Å². The molecule has 2 saturated heterocycles. The van der Waals surface area contributed by atoms with Crippen molar-refractivity contribution in [2.75, 3.05) is 75.4 Å². The Morgan fingerprint density at radius 3 is 2.64 bits per heavy atom. The molecular formula is C23H33BrN8O. The van der Waals surface area contributed by atoms with Gasteiger partial charge >= 0.3 is 6.03 Å². The van der Waals surface area contributed by atoms with Crippen molar-refractivity contribution in [2.45, 2.75) is 19.3 Å². The summed E-state index contributed by atoms with van der Waals surface area (Å²) in [5.74, 6) is 1.27. The van der Waals surface area contributed by atoms with E-state index >= 15 is 0 Å². The van der Waals surface area contributed by atoms with Crippen molar-refractivity contribution in [1.82, 2.24) is 24.7 Å². The summed E-state index contributed by atoms with van der Waals surface area (Å²) in [5, 5.41) is 9.63. The summed E-state index contributed by atoms with van der Waals surface area (Å²) in [7, 11) is 2.18. The van der Waals surface area contributed by atoms with Crippen molar-refractivity contribution in [3.63, 3.8) is 0 Å². The van der Waals surface area contributed by atoms with E-state index in [1.165, 1.54) is 0 Å². The molecule has 3 N–H and O–H groups in total. The number of nitrogens with zero attached hydrogens (tertiary/aromatic N) is 5. The highest BCUT2D eigenvalue weighted by molar-refractivity contribution is 9.10. The second kappa shape index (κ2) is 11.6.